The van der Waals surface area contributed by atoms with Crippen LogP contribution < -0.4 is 4.74 Å². The van der Waals surface area contributed by atoms with E-state index in [1.807, 2.05) is 69.3 Å². The average Bonchev–Trinajstić information content (AvgIpc) is 3.02. The van der Waals surface area contributed by atoms with Crippen molar-refractivity contribution in [3.63, 3.8) is 0 Å². The molecule has 0 aliphatic rings. The molecule has 0 radical (unpaired) electrons. The zero-order chi connectivity index (χ0) is 17.2. The van der Waals surface area contributed by atoms with E-state index in [0.717, 1.165) is 10.9 Å². The van der Waals surface area contributed by atoms with E-state index in [2.05, 4.69) is 0 Å². The van der Waals surface area contributed by atoms with E-state index in [-0.39, 0.29) is 5.54 Å². The first-order valence-electron chi connectivity index (χ1n) is 7.95. The molecule has 0 bridgehead atoms. The van der Waals surface area contributed by atoms with Crippen molar-refractivity contribution in [3.8, 4) is 5.75 Å². The van der Waals surface area contributed by atoms with Crippen LogP contribution in [0.15, 0.2) is 65.3 Å². The zero-order valence-electron chi connectivity index (χ0n) is 14.2. The topological polar surface area (TPSA) is 42.7 Å². The number of para-hydroxylation sites is 1. The fourth-order valence-corrected chi connectivity index (χ4v) is 2.54. The van der Waals surface area contributed by atoms with Crippen molar-refractivity contribution >= 4 is 17.1 Å². The number of nitrogens with zero attached hydrogens (tertiary/aromatic N) is 1. The van der Waals surface area contributed by atoms with Gasteiger partial charge in [0.2, 0.25) is 0 Å². The van der Waals surface area contributed by atoms with Gasteiger partial charge < -0.3 is 9.15 Å². The maximum absolute atomic E-state index is 12.8. The van der Waals surface area contributed by atoms with E-state index in [0.29, 0.717) is 17.9 Å². The first-order valence-corrected chi connectivity index (χ1v) is 7.95. The van der Waals surface area contributed by atoms with Crippen LogP contribution in [0.3, 0.4) is 0 Å². The van der Waals surface area contributed by atoms with E-state index in [4.69, 9.17) is 9.15 Å². The van der Waals surface area contributed by atoms with Crippen LogP contribution in [0.1, 0.15) is 26.3 Å². The predicted octanol–water partition coefficient (Wildman–Crippen LogP) is 5.23. The van der Waals surface area contributed by atoms with Crippen molar-refractivity contribution in [3.05, 3.63) is 66.4 Å². The number of carbonyl (C=O) groups is 1. The zero-order valence-corrected chi connectivity index (χ0v) is 14.2. The van der Waals surface area contributed by atoms with Crippen molar-refractivity contribution in [1.82, 2.24) is 4.90 Å². The number of benzene rings is 2. The lowest BCUT2D eigenvalue weighted by molar-refractivity contribution is 0.102. The van der Waals surface area contributed by atoms with Gasteiger partial charge in [-0.25, -0.2) is 4.79 Å². The summed E-state index contributed by atoms with van der Waals surface area (Å²) in [6, 6.07) is 17.2. The van der Waals surface area contributed by atoms with Crippen LogP contribution >= 0.6 is 0 Å². The summed E-state index contributed by atoms with van der Waals surface area (Å²) in [6.45, 7) is 6.46. The number of amides is 1. The van der Waals surface area contributed by atoms with E-state index >= 15 is 0 Å². The van der Waals surface area contributed by atoms with Crippen molar-refractivity contribution < 1.29 is 13.9 Å². The fraction of sp³-hybridized carbons (Fsp3) is 0.250. The molecule has 2 aromatic carbocycles. The molecule has 0 spiro atoms. The lowest BCUT2D eigenvalue weighted by Crippen LogP contribution is -2.46. The maximum Gasteiger partial charge on any atom is 0.416 e. The molecule has 0 fully saturated rings. The number of carbonyl (C=O) groups excluding carboxylic acids is 1. The Labute approximate surface area is 141 Å². The van der Waals surface area contributed by atoms with Crippen LogP contribution in [0, 0.1) is 0 Å². The molecule has 1 amide bonds. The molecular weight excluding hydrogens is 302 g/mol. The molecule has 4 nitrogen and oxygen atoms in total. The highest BCUT2D eigenvalue weighted by Gasteiger charge is 2.28. The summed E-state index contributed by atoms with van der Waals surface area (Å²) >= 11 is 0. The van der Waals surface area contributed by atoms with Crippen molar-refractivity contribution in [2.24, 2.45) is 0 Å². The van der Waals surface area contributed by atoms with Crippen molar-refractivity contribution in [2.45, 2.75) is 32.9 Å². The smallest absolute Gasteiger partial charge is 0.416 e. The number of ether oxygens (including phenoxy) is 1. The van der Waals surface area contributed by atoms with Crippen LogP contribution in [-0.2, 0) is 6.54 Å². The summed E-state index contributed by atoms with van der Waals surface area (Å²) < 4.78 is 11.1. The Morgan fingerprint density at radius 1 is 1.04 bits per heavy atom. The number of hydrogen-bond donors (Lipinski definition) is 0. The highest BCUT2D eigenvalue weighted by atomic mass is 16.6. The Kier molecular flexibility index (Phi) is 4.30. The molecule has 3 rings (SSSR count). The van der Waals surface area contributed by atoms with Gasteiger partial charge in [-0.05, 0) is 38.5 Å². The van der Waals surface area contributed by atoms with Gasteiger partial charge in [-0.3, -0.25) is 4.90 Å². The maximum atomic E-state index is 12.8. The molecule has 24 heavy (non-hydrogen) atoms. The van der Waals surface area contributed by atoms with E-state index in [1.54, 1.807) is 17.2 Å². The van der Waals surface area contributed by atoms with Gasteiger partial charge >= 0.3 is 6.09 Å². The van der Waals surface area contributed by atoms with Gasteiger partial charge in [0, 0.05) is 17.5 Å². The summed E-state index contributed by atoms with van der Waals surface area (Å²) in [5.74, 6) is 0.435. The minimum Gasteiger partial charge on any atom is -0.460 e. The monoisotopic (exact) mass is 323 g/mol. The normalized spacial score (nSPS) is 11.5. The number of rotatable bonds is 3. The summed E-state index contributed by atoms with van der Waals surface area (Å²) in [5.41, 5.74) is 1.27. The molecule has 1 aromatic heterocycles. The van der Waals surface area contributed by atoms with Gasteiger partial charge in [0.25, 0.3) is 0 Å². The van der Waals surface area contributed by atoms with Crippen LogP contribution in [0.4, 0.5) is 4.79 Å². The third-order valence-corrected chi connectivity index (χ3v) is 3.85. The molecule has 0 saturated heterocycles. The van der Waals surface area contributed by atoms with Crippen LogP contribution in [0.5, 0.6) is 5.75 Å². The van der Waals surface area contributed by atoms with Gasteiger partial charge in [-0.1, -0.05) is 42.5 Å². The molecule has 4 heteroatoms. The number of fused-ring (bicyclic) bond motifs is 1. The quantitative estimate of drug-likeness (QED) is 0.662. The minimum atomic E-state index is -0.393. The van der Waals surface area contributed by atoms with Crippen molar-refractivity contribution in [2.75, 3.05) is 0 Å². The second-order valence-electron chi connectivity index (χ2n) is 6.71. The van der Waals surface area contributed by atoms with E-state index in [1.165, 1.54) is 0 Å². The largest absolute Gasteiger partial charge is 0.460 e. The van der Waals surface area contributed by atoms with Gasteiger partial charge in [-0.2, -0.15) is 0 Å². The average molecular weight is 323 g/mol. The molecule has 3 aromatic rings. The van der Waals surface area contributed by atoms with Crippen LogP contribution in [0.25, 0.3) is 11.0 Å². The lowest BCUT2D eigenvalue weighted by atomic mass is 10.1. The fourth-order valence-electron chi connectivity index (χ4n) is 2.54. The Balaban J connectivity index is 1.85. The summed E-state index contributed by atoms with van der Waals surface area (Å²) in [4.78, 5) is 14.5. The summed E-state index contributed by atoms with van der Waals surface area (Å²) in [7, 11) is 0. The van der Waals surface area contributed by atoms with Gasteiger partial charge in [0.1, 0.15) is 0 Å². The van der Waals surface area contributed by atoms with Gasteiger partial charge in [0.15, 0.2) is 11.3 Å². The highest BCUT2D eigenvalue weighted by molar-refractivity contribution is 5.85. The Morgan fingerprint density at radius 2 is 1.79 bits per heavy atom. The first-order chi connectivity index (χ1) is 11.4. The Morgan fingerprint density at radius 3 is 2.50 bits per heavy atom. The van der Waals surface area contributed by atoms with Gasteiger partial charge in [-0.15, -0.1) is 0 Å². The molecular formula is C20H21NO3. The molecule has 0 atom stereocenters. The second kappa shape index (κ2) is 6.40. The molecule has 1 heterocycles. The third-order valence-electron chi connectivity index (χ3n) is 3.85. The van der Waals surface area contributed by atoms with Crippen molar-refractivity contribution in [1.29, 1.82) is 0 Å². The van der Waals surface area contributed by atoms with Crippen LogP contribution in [-0.4, -0.2) is 16.5 Å². The minimum absolute atomic E-state index is 0.371. The molecule has 0 N–H and O–H groups in total. The summed E-state index contributed by atoms with van der Waals surface area (Å²) in [6.07, 6.45) is 1.20. The molecule has 124 valence electrons. The van der Waals surface area contributed by atoms with E-state index in [9.17, 15) is 4.79 Å². The molecule has 0 aliphatic carbocycles. The third kappa shape index (κ3) is 3.43. The van der Waals surface area contributed by atoms with Gasteiger partial charge in [0.05, 0.1) is 6.26 Å². The Bertz CT molecular complexity index is 831. The SMILES string of the molecule is CC(C)(C)N(Cc1ccccc1)C(=O)Oc1cccc2ccoc12. The lowest BCUT2D eigenvalue weighted by Gasteiger charge is -2.34. The number of furan rings is 1. The van der Waals surface area contributed by atoms with Crippen LogP contribution in [0.2, 0.25) is 0 Å². The molecule has 0 unspecified atom stereocenters. The van der Waals surface area contributed by atoms with E-state index < -0.39 is 6.09 Å². The number of hydrogen-bond acceptors (Lipinski definition) is 3. The second-order valence-corrected chi connectivity index (χ2v) is 6.71. The Hall–Kier alpha value is -2.75. The first kappa shape index (κ1) is 16.1. The molecule has 0 aliphatic heterocycles. The summed E-state index contributed by atoms with van der Waals surface area (Å²) in [5, 5.41) is 0.908. The standard InChI is InChI=1S/C20H21NO3/c1-20(2,3)21(14-15-8-5-4-6-9-15)19(22)24-17-11-7-10-16-12-13-23-18(16)17/h4-13H,14H2,1-3H3. The predicted molar refractivity (Wildman–Crippen MR) is 94.0 cm³/mol. The highest BCUT2D eigenvalue weighted by Crippen LogP contribution is 2.28. The molecule has 0 saturated carbocycles.